The standard InChI is InChI=1S/C15H32N4S.HI/c1-5-16-14(17-9-12-20-4)18-13-15(2,3)19-10-7-6-8-11-19;/h5-13H2,1-4H3,(H2,16,17,18);1H. The molecule has 0 saturated carbocycles. The minimum atomic E-state index is 0. The predicted octanol–water partition coefficient (Wildman–Crippen LogP) is 2.79. The Morgan fingerprint density at radius 2 is 1.86 bits per heavy atom. The Labute approximate surface area is 152 Å². The smallest absolute Gasteiger partial charge is 0.191 e. The summed E-state index contributed by atoms with van der Waals surface area (Å²) in [4.78, 5) is 7.36. The lowest BCUT2D eigenvalue weighted by Crippen LogP contribution is -2.49. The van der Waals surface area contributed by atoms with E-state index in [1.807, 2.05) is 11.8 Å². The fraction of sp³-hybridized carbons (Fsp3) is 0.933. The number of thioether (sulfide) groups is 1. The van der Waals surface area contributed by atoms with Crippen LogP contribution in [0, 0.1) is 0 Å². The molecule has 1 rings (SSSR count). The average Bonchev–Trinajstić information content (AvgIpc) is 2.46. The summed E-state index contributed by atoms with van der Waals surface area (Å²) in [5, 5.41) is 6.72. The lowest BCUT2D eigenvalue weighted by molar-refractivity contribution is 0.102. The third-order valence-electron chi connectivity index (χ3n) is 3.78. The van der Waals surface area contributed by atoms with Crippen LogP contribution < -0.4 is 10.6 Å². The first kappa shape index (κ1) is 21.3. The van der Waals surface area contributed by atoms with Crippen LogP contribution in [0.5, 0.6) is 0 Å². The number of guanidine groups is 1. The van der Waals surface area contributed by atoms with Crippen LogP contribution in [0.1, 0.15) is 40.0 Å². The molecule has 0 aromatic rings. The van der Waals surface area contributed by atoms with E-state index in [0.29, 0.717) is 0 Å². The zero-order valence-corrected chi connectivity index (χ0v) is 17.2. The van der Waals surface area contributed by atoms with Crippen LogP contribution in [0.25, 0.3) is 0 Å². The molecule has 1 heterocycles. The molecule has 0 unspecified atom stereocenters. The summed E-state index contributed by atoms with van der Waals surface area (Å²) in [7, 11) is 0. The third-order valence-corrected chi connectivity index (χ3v) is 4.39. The zero-order valence-electron chi connectivity index (χ0n) is 14.1. The van der Waals surface area contributed by atoms with Crippen molar-refractivity contribution in [2.24, 2.45) is 4.99 Å². The summed E-state index contributed by atoms with van der Waals surface area (Å²) in [6.45, 7) is 11.9. The molecule has 0 spiro atoms. The van der Waals surface area contributed by atoms with E-state index >= 15 is 0 Å². The van der Waals surface area contributed by atoms with Crippen molar-refractivity contribution in [2.75, 3.05) is 44.7 Å². The molecule has 0 amide bonds. The van der Waals surface area contributed by atoms with E-state index in [1.54, 1.807) is 0 Å². The van der Waals surface area contributed by atoms with Gasteiger partial charge in [0.25, 0.3) is 0 Å². The number of hydrogen-bond acceptors (Lipinski definition) is 3. The van der Waals surface area contributed by atoms with Crippen molar-refractivity contribution in [3.05, 3.63) is 0 Å². The Kier molecular flexibility index (Phi) is 12.0. The highest BCUT2D eigenvalue weighted by atomic mass is 127. The molecule has 6 heteroatoms. The van der Waals surface area contributed by atoms with Crippen molar-refractivity contribution in [2.45, 2.75) is 45.6 Å². The van der Waals surface area contributed by atoms with Gasteiger partial charge in [-0.15, -0.1) is 24.0 Å². The normalized spacial score (nSPS) is 17.2. The number of rotatable bonds is 7. The van der Waals surface area contributed by atoms with E-state index in [2.05, 4.69) is 42.6 Å². The first-order valence-electron chi connectivity index (χ1n) is 7.86. The molecule has 0 aromatic carbocycles. The summed E-state index contributed by atoms with van der Waals surface area (Å²) in [5.74, 6) is 2.06. The minimum Gasteiger partial charge on any atom is -0.357 e. The summed E-state index contributed by atoms with van der Waals surface area (Å²) in [6.07, 6.45) is 6.18. The van der Waals surface area contributed by atoms with E-state index in [9.17, 15) is 0 Å². The van der Waals surface area contributed by atoms with Gasteiger partial charge in [-0.3, -0.25) is 9.89 Å². The number of nitrogens with zero attached hydrogens (tertiary/aromatic N) is 2. The van der Waals surface area contributed by atoms with Gasteiger partial charge in [-0.05, 0) is 53.0 Å². The number of aliphatic imine (C=N–C) groups is 1. The Morgan fingerprint density at radius 1 is 1.19 bits per heavy atom. The van der Waals surface area contributed by atoms with Gasteiger partial charge in [-0.2, -0.15) is 11.8 Å². The highest BCUT2D eigenvalue weighted by Crippen LogP contribution is 2.20. The second kappa shape index (κ2) is 11.8. The van der Waals surface area contributed by atoms with Crippen molar-refractivity contribution in [1.82, 2.24) is 15.5 Å². The molecular weight excluding hydrogens is 395 g/mol. The predicted molar refractivity (Wildman–Crippen MR) is 107 cm³/mol. The summed E-state index contributed by atoms with van der Waals surface area (Å²) in [6, 6.07) is 0. The Bertz CT molecular complexity index is 291. The molecule has 126 valence electrons. The first-order valence-corrected chi connectivity index (χ1v) is 9.25. The van der Waals surface area contributed by atoms with Crippen LogP contribution in [-0.2, 0) is 0 Å². The topological polar surface area (TPSA) is 39.7 Å². The van der Waals surface area contributed by atoms with E-state index in [0.717, 1.165) is 31.3 Å². The number of halogens is 1. The van der Waals surface area contributed by atoms with Gasteiger partial charge >= 0.3 is 0 Å². The van der Waals surface area contributed by atoms with Crippen LogP contribution in [0.15, 0.2) is 4.99 Å². The quantitative estimate of drug-likeness (QED) is 0.283. The van der Waals surface area contributed by atoms with Gasteiger partial charge in [-0.25, -0.2) is 0 Å². The Hall–Kier alpha value is 0.310. The number of hydrogen-bond donors (Lipinski definition) is 2. The van der Waals surface area contributed by atoms with Gasteiger partial charge in [0, 0.05) is 24.4 Å². The molecule has 1 saturated heterocycles. The molecule has 0 aromatic heterocycles. The van der Waals surface area contributed by atoms with Crippen molar-refractivity contribution in [3.8, 4) is 0 Å². The van der Waals surface area contributed by atoms with Crippen LogP contribution in [0.4, 0.5) is 0 Å². The second-order valence-electron chi connectivity index (χ2n) is 5.97. The van der Waals surface area contributed by atoms with E-state index < -0.39 is 0 Å². The van der Waals surface area contributed by atoms with Gasteiger partial charge < -0.3 is 10.6 Å². The Morgan fingerprint density at radius 3 is 2.43 bits per heavy atom. The molecule has 1 fully saturated rings. The summed E-state index contributed by atoms with van der Waals surface area (Å²) in [5.41, 5.74) is 0.155. The third kappa shape index (κ3) is 8.50. The monoisotopic (exact) mass is 428 g/mol. The molecule has 4 nitrogen and oxygen atoms in total. The SMILES string of the molecule is CCNC(=NCC(C)(C)N1CCCCC1)NCCSC.I. The van der Waals surface area contributed by atoms with Crippen molar-refractivity contribution in [3.63, 3.8) is 0 Å². The van der Waals surface area contributed by atoms with Crippen molar-refractivity contribution < 1.29 is 0 Å². The average molecular weight is 428 g/mol. The minimum absolute atomic E-state index is 0. The van der Waals surface area contributed by atoms with Crippen molar-refractivity contribution in [1.29, 1.82) is 0 Å². The van der Waals surface area contributed by atoms with Crippen molar-refractivity contribution >= 4 is 41.7 Å². The van der Waals surface area contributed by atoms with Gasteiger partial charge in [-0.1, -0.05) is 6.42 Å². The molecule has 1 aliphatic rings. The highest BCUT2D eigenvalue weighted by Gasteiger charge is 2.27. The molecule has 0 atom stereocenters. The molecule has 0 radical (unpaired) electrons. The molecule has 2 N–H and O–H groups in total. The van der Waals surface area contributed by atoms with Gasteiger partial charge in [0.1, 0.15) is 0 Å². The molecule has 0 aliphatic carbocycles. The van der Waals surface area contributed by atoms with E-state index in [1.165, 1.54) is 32.4 Å². The Balaban J connectivity index is 0.00000400. The fourth-order valence-corrected chi connectivity index (χ4v) is 2.79. The van der Waals surface area contributed by atoms with Crippen LogP contribution in [0.2, 0.25) is 0 Å². The maximum Gasteiger partial charge on any atom is 0.191 e. The molecule has 1 aliphatic heterocycles. The second-order valence-corrected chi connectivity index (χ2v) is 6.96. The van der Waals surface area contributed by atoms with Gasteiger partial charge in [0.05, 0.1) is 6.54 Å². The van der Waals surface area contributed by atoms with Gasteiger partial charge in [0.15, 0.2) is 5.96 Å². The summed E-state index contributed by atoms with van der Waals surface area (Å²) < 4.78 is 0. The summed E-state index contributed by atoms with van der Waals surface area (Å²) >= 11 is 1.85. The van der Waals surface area contributed by atoms with Crippen LogP contribution in [0.3, 0.4) is 0 Å². The largest absolute Gasteiger partial charge is 0.357 e. The lowest BCUT2D eigenvalue weighted by Gasteiger charge is -2.40. The molecule has 0 bridgehead atoms. The zero-order chi connectivity index (χ0) is 14.8. The number of piperidine rings is 1. The highest BCUT2D eigenvalue weighted by molar-refractivity contribution is 14.0. The van der Waals surface area contributed by atoms with Gasteiger partial charge in [0.2, 0.25) is 0 Å². The molecule has 21 heavy (non-hydrogen) atoms. The number of nitrogens with one attached hydrogen (secondary N) is 2. The maximum atomic E-state index is 4.78. The number of likely N-dealkylation sites (tertiary alicyclic amines) is 1. The maximum absolute atomic E-state index is 4.78. The van der Waals surface area contributed by atoms with Crippen LogP contribution in [-0.4, -0.2) is 61.1 Å². The van der Waals surface area contributed by atoms with E-state index in [4.69, 9.17) is 4.99 Å². The lowest BCUT2D eigenvalue weighted by atomic mass is 9.99. The first-order chi connectivity index (χ1) is 9.60. The van der Waals surface area contributed by atoms with E-state index in [-0.39, 0.29) is 29.5 Å². The van der Waals surface area contributed by atoms with Crippen LogP contribution >= 0.6 is 35.7 Å². The fourth-order valence-electron chi connectivity index (χ4n) is 2.49. The molecular formula is C15H33IN4S.